The monoisotopic (exact) mass is 280 g/mol. The van der Waals surface area contributed by atoms with Gasteiger partial charge in [0.1, 0.15) is 0 Å². The zero-order valence-electron chi connectivity index (χ0n) is 11.9. The summed E-state index contributed by atoms with van der Waals surface area (Å²) in [6.07, 6.45) is 5.12. The van der Waals surface area contributed by atoms with Crippen molar-refractivity contribution in [2.75, 3.05) is 39.3 Å². The Balaban J connectivity index is 1.47. The maximum Gasteiger partial charge on any atom is 0.324 e. The molecule has 0 aliphatic carbocycles. The molecule has 3 amide bonds. The van der Waals surface area contributed by atoms with Crippen LogP contribution in [0.4, 0.5) is 4.79 Å². The molecule has 3 fully saturated rings. The van der Waals surface area contributed by atoms with E-state index < -0.39 is 0 Å². The highest BCUT2D eigenvalue weighted by Crippen LogP contribution is 2.24. The van der Waals surface area contributed by atoms with Gasteiger partial charge in [-0.1, -0.05) is 0 Å². The van der Waals surface area contributed by atoms with Gasteiger partial charge in [0.25, 0.3) is 0 Å². The van der Waals surface area contributed by atoms with Gasteiger partial charge in [-0.25, -0.2) is 4.79 Å². The van der Waals surface area contributed by atoms with Crippen molar-refractivity contribution in [3.05, 3.63) is 0 Å². The van der Waals surface area contributed by atoms with E-state index in [1.165, 1.54) is 30.6 Å². The van der Waals surface area contributed by atoms with Crippen LogP contribution in [0.2, 0.25) is 0 Å². The fourth-order valence-corrected chi connectivity index (χ4v) is 3.66. The first-order valence-corrected chi connectivity index (χ1v) is 7.78. The summed E-state index contributed by atoms with van der Waals surface area (Å²) in [7, 11) is 0. The normalized spacial score (nSPS) is 31.9. The maximum atomic E-state index is 11.5. The van der Waals surface area contributed by atoms with Crippen LogP contribution >= 0.6 is 0 Å². The fraction of sp³-hybridized carbons (Fsp3) is 0.857. The molecule has 3 aliphatic rings. The second-order valence-electron chi connectivity index (χ2n) is 6.11. The van der Waals surface area contributed by atoms with Crippen molar-refractivity contribution in [1.29, 1.82) is 0 Å². The van der Waals surface area contributed by atoms with Gasteiger partial charge >= 0.3 is 6.03 Å². The molecule has 0 aromatic carbocycles. The van der Waals surface area contributed by atoms with Crippen molar-refractivity contribution in [2.45, 2.75) is 31.7 Å². The molecule has 0 bridgehead atoms. The predicted octanol–water partition coefficient (Wildman–Crippen LogP) is 0.00220. The van der Waals surface area contributed by atoms with Gasteiger partial charge in [0, 0.05) is 25.7 Å². The zero-order chi connectivity index (χ0) is 13.9. The van der Waals surface area contributed by atoms with Crippen molar-refractivity contribution < 1.29 is 9.59 Å². The van der Waals surface area contributed by atoms with E-state index in [1.807, 2.05) is 0 Å². The van der Waals surface area contributed by atoms with Crippen LogP contribution in [0.5, 0.6) is 0 Å². The molecule has 3 saturated heterocycles. The summed E-state index contributed by atoms with van der Waals surface area (Å²) < 4.78 is 0. The number of carbonyl (C=O) groups is 2. The molecule has 3 heterocycles. The summed E-state index contributed by atoms with van der Waals surface area (Å²) in [4.78, 5) is 26.8. The maximum absolute atomic E-state index is 11.5. The van der Waals surface area contributed by atoms with E-state index in [0.29, 0.717) is 12.6 Å². The van der Waals surface area contributed by atoms with Crippen molar-refractivity contribution in [3.63, 3.8) is 0 Å². The van der Waals surface area contributed by atoms with Crippen molar-refractivity contribution in [2.24, 2.45) is 5.92 Å². The Labute approximate surface area is 119 Å². The summed E-state index contributed by atoms with van der Waals surface area (Å²) in [5.74, 6) is 0.635. The largest absolute Gasteiger partial charge is 0.329 e. The summed E-state index contributed by atoms with van der Waals surface area (Å²) >= 11 is 0. The lowest BCUT2D eigenvalue weighted by Crippen LogP contribution is -2.46. The van der Waals surface area contributed by atoms with Gasteiger partial charge in [-0.3, -0.25) is 9.69 Å². The molecule has 20 heavy (non-hydrogen) atoms. The third kappa shape index (κ3) is 2.96. The third-order valence-corrected chi connectivity index (χ3v) is 4.79. The summed E-state index contributed by atoms with van der Waals surface area (Å²) in [5.41, 5.74) is 0. The summed E-state index contributed by atoms with van der Waals surface area (Å²) in [6.45, 7) is 4.84. The lowest BCUT2D eigenvalue weighted by atomic mass is 9.90. The van der Waals surface area contributed by atoms with E-state index >= 15 is 0 Å². The Morgan fingerprint density at radius 1 is 1.15 bits per heavy atom. The molecule has 3 rings (SSSR count). The minimum atomic E-state index is -0.235. The van der Waals surface area contributed by atoms with E-state index in [2.05, 4.69) is 15.5 Å². The molecule has 2 unspecified atom stereocenters. The van der Waals surface area contributed by atoms with Crippen LogP contribution in [0.3, 0.4) is 0 Å². The molecule has 6 heteroatoms. The number of rotatable bonds is 4. The predicted molar refractivity (Wildman–Crippen MR) is 75.3 cm³/mol. The van der Waals surface area contributed by atoms with Crippen LogP contribution in [0.1, 0.15) is 25.7 Å². The molecular formula is C14H24N4O2. The molecule has 0 spiro atoms. The summed E-state index contributed by atoms with van der Waals surface area (Å²) in [5, 5.41) is 6.17. The van der Waals surface area contributed by atoms with Crippen LogP contribution < -0.4 is 10.6 Å². The number of piperidine rings is 1. The van der Waals surface area contributed by atoms with Crippen LogP contribution in [-0.2, 0) is 4.79 Å². The summed E-state index contributed by atoms with van der Waals surface area (Å²) in [6, 6.07) is 0.440. The van der Waals surface area contributed by atoms with Gasteiger partial charge in [-0.2, -0.15) is 0 Å². The van der Waals surface area contributed by atoms with Crippen LogP contribution in [-0.4, -0.2) is 67.0 Å². The van der Waals surface area contributed by atoms with Crippen molar-refractivity contribution in [1.82, 2.24) is 20.4 Å². The number of hydrogen-bond acceptors (Lipinski definition) is 4. The molecule has 0 aromatic heterocycles. The highest BCUT2D eigenvalue weighted by atomic mass is 16.2. The standard InChI is InChI=1S/C14H24N4O2/c19-13-9-16-14(20)18(13)8-7-17-6-2-3-11(10-17)12-4-1-5-15-12/h11-12,15H,1-10H2,(H,16,20). The number of imide groups is 1. The number of carbonyl (C=O) groups excluding carboxylic acids is 2. The molecule has 6 nitrogen and oxygen atoms in total. The number of nitrogens with zero attached hydrogens (tertiary/aromatic N) is 2. The first-order valence-electron chi connectivity index (χ1n) is 7.78. The second-order valence-corrected chi connectivity index (χ2v) is 6.11. The Hall–Kier alpha value is -1.14. The molecule has 2 atom stereocenters. The van der Waals surface area contributed by atoms with Gasteiger partial charge in [-0.15, -0.1) is 0 Å². The van der Waals surface area contributed by atoms with Crippen LogP contribution in [0, 0.1) is 5.92 Å². The third-order valence-electron chi connectivity index (χ3n) is 4.79. The van der Waals surface area contributed by atoms with E-state index in [1.54, 1.807) is 0 Å². The molecule has 0 radical (unpaired) electrons. The van der Waals surface area contributed by atoms with Crippen LogP contribution in [0.25, 0.3) is 0 Å². The Morgan fingerprint density at radius 2 is 2.05 bits per heavy atom. The number of likely N-dealkylation sites (tertiary alicyclic amines) is 1. The Bertz CT molecular complexity index is 365. The van der Waals surface area contributed by atoms with E-state index in [9.17, 15) is 9.59 Å². The Kier molecular flexibility index (Phi) is 4.21. The average Bonchev–Trinajstić information content (AvgIpc) is 3.09. The smallest absolute Gasteiger partial charge is 0.324 e. The lowest BCUT2D eigenvalue weighted by molar-refractivity contribution is -0.125. The SMILES string of the molecule is O=C1CNC(=O)N1CCN1CCCC(C2CCCN2)C1. The van der Waals surface area contributed by atoms with E-state index in [4.69, 9.17) is 0 Å². The van der Waals surface area contributed by atoms with Gasteiger partial charge in [0.05, 0.1) is 6.54 Å². The fourth-order valence-electron chi connectivity index (χ4n) is 3.66. The van der Waals surface area contributed by atoms with Gasteiger partial charge < -0.3 is 15.5 Å². The van der Waals surface area contributed by atoms with E-state index in [0.717, 1.165) is 32.1 Å². The zero-order valence-corrected chi connectivity index (χ0v) is 11.9. The average molecular weight is 280 g/mol. The quantitative estimate of drug-likeness (QED) is 0.712. The van der Waals surface area contributed by atoms with Crippen molar-refractivity contribution >= 4 is 11.9 Å². The van der Waals surface area contributed by atoms with Crippen LogP contribution in [0.15, 0.2) is 0 Å². The molecule has 0 aromatic rings. The number of amides is 3. The van der Waals surface area contributed by atoms with Crippen molar-refractivity contribution in [3.8, 4) is 0 Å². The molecule has 3 aliphatic heterocycles. The number of hydrogen-bond donors (Lipinski definition) is 2. The second kappa shape index (κ2) is 6.10. The molecule has 112 valence electrons. The van der Waals surface area contributed by atoms with Gasteiger partial charge in [0.15, 0.2) is 0 Å². The molecule has 0 saturated carbocycles. The molecule has 2 N–H and O–H groups in total. The number of urea groups is 1. The minimum Gasteiger partial charge on any atom is -0.329 e. The molecular weight excluding hydrogens is 256 g/mol. The van der Waals surface area contributed by atoms with Gasteiger partial charge in [-0.05, 0) is 44.7 Å². The topological polar surface area (TPSA) is 64.7 Å². The van der Waals surface area contributed by atoms with E-state index in [-0.39, 0.29) is 18.5 Å². The highest BCUT2D eigenvalue weighted by Gasteiger charge is 2.31. The van der Waals surface area contributed by atoms with Gasteiger partial charge in [0.2, 0.25) is 5.91 Å². The number of nitrogens with one attached hydrogen (secondary N) is 2. The Morgan fingerprint density at radius 3 is 2.75 bits per heavy atom. The highest BCUT2D eigenvalue weighted by molar-refractivity contribution is 6.01. The first-order chi connectivity index (χ1) is 9.74. The first kappa shape index (κ1) is 13.8. The minimum absolute atomic E-state index is 0.0963. The lowest BCUT2D eigenvalue weighted by Gasteiger charge is -2.36.